The first-order chi connectivity index (χ1) is 6.68. The maximum atomic E-state index is 5.94. The molecule has 2 rings (SSSR count). The van der Waals surface area contributed by atoms with E-state index in [2.05, 4.69) is 13.8 Å². The van der Waals surface area contributed by atoms with Crippen LogP contribution in [-0.4, -0.2) is 6.10 Å². The molecule has 0 unspecified atom stereocenters. The lowest BCUT2D eigenvalue weighted by Crippen LogP contribution is -2.03. The van der Waals surface area contributed by atoms with Crippen LogP contribution in [0.25, 0.3) is 0 Å². The predicted octanol–water partition coefficient (Wildman–Crippen LogP) is 2.93. The van der Waals surface area contributed by atoms with Crippen molar-refractivity contribution >= 4 is 5.69 Å². The second kappa shape index (κ2) is 3.52. The zero-order chi connectivity index (χ0) is 10.1. The molecule has 1 aromatic carbocycles. The molecule has 2 nitrogen and oxygen atoms in total. The highest BCUT2D eigenvalue weighted by Gasteiger charge is 2.25. The minimum Gasteiger partial charge on any atom is -0.490 e. The van der Waals surface area contributed by atoms with E-state index in [4.69, 9.17) is 10.5 Å². The molecule has 0 spiro atoms. The number of anilines is 1. The molecule has 1 aliphatic rings. The predicted molar refractivity (Wildman–Crippen MR) is 58.6 cm³/mol. The summed E-state index contributed by atoms with van der Waals surface area (Å²) in [7, 11) is 0. The molecule has 1 fully saturated rings. The SMILES string of the molecule is CC(C)c1c(N)cccc1OC1CC1. The van der Waals surface area contributed by atoms with E-state index in [-0.39, 0.29) is 0 Å². The van der Waals surface area contributed by atoms with Crippen molar-refractivity contribution in [3.05, 3.63) is 23.8 Å². The van der Waals surface area contributed by atoms with Crippen molar-refractivity contribution in [3.63, 3.8) is 0 Å². The normalized spacial score (nSPS) is 15.9. The van der Waals surface area contributed by atoms with Crippen molar-refractivity contribution in [2.45, 2.75) is 38.7 Å². The monoisotopic (exact) mass is 191 g/mol. The highest BCUT2D eigenvalue weighted by atomic mass is 16.5. The van der Waals surface area contributed by atoms with Gasteiger partial charge in [0.25, 0.3) is 0 Å². The molecule has 2 N–H and O–H groups in total. The van der Waals surface area contributed by atoms with Crippen LogP contribution in [0, 0.1) is 0 Å². The van der Waals surface area contributed by atoms with E-state index in [1.54, 1.807) is 0 Å². The third-order valence-corrected chi connectivity index (χ3v) is 2.50. The van der Waals surface area contributed by atoms with Gasteiger partial charge in [0.05, 0.1) is 6.10 Å². The number of rotatable bonds is 3. The average molecular weight is 191 g/mol. The Labute approximate surface area is 85.1 Å². The van der Waals surface area contributed by atoms with Gasteiger partial charge in [-0.3, -0.25) is 0 Å². The molecule has 0 saturated heterocycles. The quantitative estimate of drug-likeness (QED) is 0.745. The van der Waals surface area contributed by atoms with Crippen LogP contribution in [0.15, 0.2) is 18.2 Å². The molecule has 14 heavy (non-hydrogen) atoms. The van der Waals surface area contributed by atoms with Crippen LogP contribution in [0.1, 0.15) is 38.2 Å². The number of ether oxygens (including phenoxy) is 1. The van der Waals surface area contributed by atoms with Crippen LogP contribution in [0.4, 0.5) is 5.69 Å². The lowest BCUT2D eigenvalue weighted by molar-refractivity contribution is 0.299. The Hall–Kier alpha value is -1.18. The van der Waals surface area contributed by atoms with Gasteiger partial charge in [0.1, 0.15) is 5.75 Å². The fourth-order valence-electron chi connectivity index (χ4n) is 1.65. The van der Waals surface area contributed by atoms with Gasteiger partial charge in [-0.2, -0.15) is 0 Å². The van der Waals surface area contributed by atoms with Gasteiger partial charge < -0.3 is 10.5 Å². The summed E-state index contributed by atoms with van der Waals surface area (Å²) in [6, 6.07) is 5.91. The summed E-state index contributed by atoms with van der Waals surface area (Å²) in [5.41, 5.74) is 7.94. The minimum absolute atomic E-state index is 0.421. The van der Waals surface area contributed by atoms with Gasteiger partial charge in [-0.1, -0.05) is 19.9 Å². The highest BCUT2D eigenvalue weighted by Crippen LogP contribution is 2.35. The van der Waals surface area contributed by atoms with Crippen LogP contribution in [0.5, 0.6) is 5.75 Å². The largest absolute Gasteiger partial charge is 0.490 e. The first-order valence-corrected chi connectivity index (χ1v) is 5.23. The van der Waals surface area contributed by atoms with Crippen molar-refractivity contribution < 1.29 is 4.74 Å². The van der Waals surface area contributed by atoms with Gasteiger partial charge in [0, 0.05) is 11.3 Å². The van der Waals surface area contributed by atoms with Gasteiger partial charge in [-0.15, -0.1) is 0 Å². The number of benzene rings is 1. The summed E-state index contributed by atoms with van der Waals surface area (Å²) in [6.45, 7) is 4.29. The van der Waals surface area contributed by atoms with E-state index in [0.717, 1.165) is 17.0 Å². The Bertz CT molecular complexity index is 329. The summed E-state index contributed by atoms with van der Waals surface area (Å²) in [6.07, 6.45) is 2.81. The van der Waals surface area contributed by atoms with Crippen molar-refractivity contribution in [1.29, 1.82) is 0 Å². The van der Waals surface area contributed by atoms with Crippen molar-refractivity contribution in [3.8, 4) is 5.75 Å². The Morgan fingerprint density at radius 1 is 1.36 bits per heavy atom. The molecule has 0 aromatic heterocycles. The summed E-state index contributed by atoms with van der Waals surface area (Å²) >= 11 is 0. The Morgan fingerprint density at radius 2 is 2.07 bits per heavy atom. The molecule has 1 saturated carbocycles. The molecule has 1 aliphatic carbocycles. The van der Waals surface area contributed by atoms with Gasteiger partial charge in [-0.25, -0.2) is 0 Å². The number of nitrogen functional groups attached to an aromatic ring is 1. The maximum absolute atomic E-state index is 5.94. The van der Waals surface area contributed by atoms with Crippen molar-refractivity contribution in [1.82, 2.24) is 0 Å². The van der Waals surface area contributed by atoms with Gasteiger partial charge in [-0.05, 0) is 30.9 Å². The number of hydrogen-bond donors (Lipinski definition) is 1. The van der Waals surface area contributed by atoms with Gasteiger partial charge >= 0.3 is 0 Å². The molecule has 0 radical (unpaired) electrons. The Balaban J connectivity index is 2.30. The van der Waals surface area contributed by atoms with E-state index in [1.807, 2.05) is 18.2 Å². The summed E-state index contributed by atoms with van der Waals surface area (Å²) < 4.78 is 5.82. The van der Waals surface area contributed by atoms with E-state index in [1.165, 1.54) is 12.8 Å². The molecule has 0 heterocycles. The average Bonchev–Trinajstić information content (AvgIpc) is 2.87. The fraction of sp³-hybridized carbons (Fsp3) is 0.500. The van der Waals surface area contributed by atoms with E-state index in [9.17, 15) is 0 Å². The lowest BCUT2D eigenvalue weighted by atomic mass is 10.0. The molecule has 1 aromatic rings. The van der Waals surface area contributed by atoms with Gasteiger partial charge in [0.2, 0.25) is 0 Å². The maximum Gasteiger partial charge on any atom is 0.125 e. The molecular weight excluding hydrogens is 174 g/mol. The summed E-state index contributed by atoms with van der Waals surface area (Å²) in [5.74, 6) is 1.40. The second-order valence-electron chi connectivity index (χ2n) is 4.23. The van der Waals surface area contributed by atoms with E-state index in [0.29, 0.717) is 12.0 Å². The lowest BCUT2D eigenvalue weighted by Gasteiger charge is -2.15. The van der Waals surface area contributed by atoms with E-state index < -0.39 is 0 Å². The first-order valence-electron chi connectivity index (χ1n) is 5.23. The standard InChI is InChI=1S/C12H17NO/c1-8(2)12-10(13)4-3-5-11(12)14-9-6-7-9/h3-5,8-9H,6-7,13H2,1-2H3. The first kappa shape index (κ1) is 9.38. The number of hydrogen-bond acceptors (Lipinski definition) is 2. The Morgan fingerprint density at radius 3 is 2.64 bits per heavy atom. The van der Waals surface area contributed by atoms with Crippen LogP contribution in [-0.2, 0) is 0 Å². The molecule has 2 heteroatoms. The van der Waals surface area contributed by atoms with Crippen LogP contribution >= 0.6 is 0 Å². The Kier molecular flexibility index (Phi) is 2.36. The third kappa shape index (κ3) is 1.84. The summed E-state index contributed by atoms with van der Waals surface area (Å²) in [5, 5.41) is 0. The molecule has 0 amide bonds. The molecule has 0 bridgehead atoms. The molecule has 0 atom stereocenters. The summed E-state index contributed by atoms with van der Waals surface area (Å²) in [4.78, 5) is 0. The van der Waals surface area contributed by atoms with Crippen molar-refractivity contribution in [2.75, 3.05) is 5.73 Å². The van der Waals surface area contributed by atoms with Crippen LogP contribution in [0.3, 0.4) is 0 Å². The van der Waals surface area contributed by atoms with E-state index >= 15 is 0 Å². The smallest absolute Gasteiger partial charge is 0.125 e. The number of nitrogens with two attached hydrogens (primary N) is 1. The third-order valence-electron chi connectivity index (χ3n) is 2.50. The minimum atomic E-state index is 0.421. The molecular formula is C12H17NO. The zero-order valence-corrected chi connectivity index (χ0v) is 8.79. The highest BCUT2D eigenvalue weighted by molar-refractivity contribution is 5.55. The zero-order valence-electron chi connectivity index (χ0n) is 8.79. The second-order valence-corrected chi connectivity index (χ2v) is 4.23. The molecule has 76 valence electrons. The van der Waals surface area contributed by atoms with Crippen LogP contribution < -0.4 is 10.5 Å². The van der Waals surface area contributed by atoms with Crippen LogP contribution in [0.2, 0.25) is 0 Å². The topological polar surface area (TPSA) is 35.2 Å². The fourth-order valence-corrected chi connectivity index (χ4v) is 1.65. The van der Waals surface area contributed by atoms with Crippen molar-refractivity contribution in [2.24, 2.45) is 0 Å². The van der Waals surface area contributed by atoms with Gasteiger partial charge in [0.15, 0.2) is 0 Å². The molecule has 0 aliphatic heterocycles.